The second-order valence-electron chi connectivity index (χ2n) is 3.50. The van der Waals surface area contributed by atoms with Crippen molar-refractivity contribution in [2.24, 2.45) is 0 Å². The molecule has 16 heavy (non-hydrogen) atoms. The second kappa shape index (κ2) is 7.12. The predicted molar refractivity (Wildman–Crippen MR) is 61.1 cm³/mol. The molecule has 0 aliphatic heterocycles. The maximum atomic E-state index is 13.1. The Kier molecular flexibility index (Phi) is 5.72. The first kappa shape index (κ1) is 12.8. The summed E-state index contributed by atoms with van der Waals surface area (Å²) in [6.07, 6.45) is 5.45. The van der Waals surface area contributed by atoms with Gasteiger partial charge in [-0.3, -0.25) is 0 Å². The van der Waals surface area contributed by atoms with Crippen LogP contribution in [-0.4, -0.2) is 13.2 Å². The van der Waals surface area contributed by atoms with Crippen molar-refractivity contribution in [1.82, 2.24) is 0 Å². The maximum Gasteiger partial charge on any atom is 0.133 e. The van der Waals surface area contributed by atoms with Crippen LogP contribution in [0.3, 0.4) is 0 Å². The lowest BCUT2D eigenvalue weighted by atomic mass is 10.2. The molecule has 0 amide bonds. The third-order valence-corrected chi connectivity index (χ3v) is 2.12. The maximum absolute atomic E-state index is 13.1. The fourth-order valence-corrected chi connectivity index (χ4v) is 1.21. The zero-order valence-electron chi connectivity index (χ0n) is 9.38. The molecule has 0 aliphatic rings. The normalized spacial score (nSPS) is 11.2. The van der Waals surface area contributed by atoms with E-state index < -0.39 is 11.6 Å². The van der Waals surface area contributed by atoms with Gasteiger partial charge in [-0.05, 0) is 18.6 Å². The van der Waals surface area contributed by atoms with E-state index in [2.05, 4.69) is 6.92 Å². The smallest absolute Gasteiger partial charge is 0.133 e. The summed E-state index contributed by atoms with van der Waals surface area (Å²) in [6, 6.07) is 3.52. The van der Waals surface area contributed by atoms with Crippen LogP contribution < -0.4 is 0 Å². The molecule has 0 bridgehead atoms. The lowest BCUT2D eigenvalue weighted by Gasteiger charge is -1.99. The summed E-state index contributed by atoms with van der Waals surface area (Å²) in [5, 5.41) is 0. The van der Waals surface area contributed by atoms with Crippen LogP contribution in [0.15, 0.2) is 24.3 Å². The summed E-state index contributed by atoms with van der Waals surface area (Å²) >= 11 is 0. The monoisotopic (exact) mass is 226 g/mol. The van der Waals surface area contributed by atoms with Gasteiger partial charge in [-0.15, -0.1) is 0 Å². The third kappa shape index (κ3) is 4.53. The van der Waals surface area contributed by atoms with Gasteiger partial charge in [-0.2, -0.15) is 0 Å². The highest BCUT2D eigenvalue weighted by Gasteiger charge is 1.99. The van der Waals surface area contributed by atoms with E-state index in [1.807, 2.05) is 0 Å². The molecule has 0 saturated carbocycles. The summed E-state index contributed by atoms with van der Waals surface area (Å²) < 4.78 is 31.0. The summed E-state index contributed by atoms with van der Waals surface area (Å²) in [4.78, 5) is 0. The van der Waals surface area contributed by atoms with Crippen molar-refractivity contribution in [2.45, 2.75) is 19.8 Å². The SMILES string of the molecule is CCCCOCC=Cc1ccc(F)cc1F. The summed E-state index contributed by atoms with van der Waals surface area (Å²) in [5.41, 5.74) is 0.375. The van der Waals surface area contributed by atoms with Crippen molar-refractivity contribution in [3.8, 4) is 0 Å². The van der Waals surface area contributed by atoms with Crippen molar-refractivity contribution in [3.05, 3.63) is 41.5 Å². The van der Waals surface area contributed by atoms with Crippen molar-refractivity contribution in [2.75, 3.05) is 13.2 Å². The molecule has 0 fully saturated rings. The summed E-state index contributed by atoms with van der Waals surface area (Å²) in [7, 11) is 0. The fraction of sp³-hybridized carbons (Fsp3) is 0.385. The van der Waals surface area contributed by atoms with Crippen LogP contribution in [0.2, 0.25) is 0 Å². The number of ether oxygens (including phenoxy) is 1. The molecule has 1 aromatic carbocycles. The molecule has 0 saturated heterocycles. The molecule has 0 N–H and O–H groups in total. The van der Waals surface area contributed by atoms with Crippen molar-refractivity contribution in [1.29, 1.82) is 0 Å². The lowest BCUT2D eigenvalue weighted by molar-refractivity contribution is 0.159. The molecule has 0 atom stereocenters. The molecule has 0 unspecified atom stereocenters. The Bertz CT molecular complexity index is 348. The van der Waals surface area contributed by atoms with Crippen LogP contribution in [0.5, 0.6) is 0 Å². The zero-order valence-corrected chi connectivity index (χ0v) is 9.38. The van der Waals surface area contributed by atoms with Gasteiger partial charge in [0.15, 0.2) is 0 Å². The number of rotatable bonds is 6. The van der Waals surface area contributed by atoms with Gasteiger partial charge in [-0.1, -0.05) is 25.5 Å². The minimum Gasteiger partial charge on any atom is -0.377 e. The molecule has 88 valence electrons. The van der Waals surface area contributed by atoms with Crippen LogP contribution in [-0.2, 0) is 4.74 Å². The molecule has 1 aromatic rings. The molecule has 1 nitrogen and oxygen atoms in total. The summed E-state index contributed by atoms with van der Waals surface area (Å²) in [5.74, 6) is -1.11. The van der Waals surface area contributed by atoms with E-state index in [1.165, 1.54) is 12.1 Å². The Balaban J connectivity index is 2.38. The van der Waals surface area contributed by atoms with Gasteiger partial charge in [0.05, 0.1) is 6.61 Å². The molecular formula is C13H16F2O. The van der Waals surface area contributed by atoms with E-state index in [4.69, 9.17) is 4.74 Å². The Morgan fingerprint density at radius 1 is 1.31 bits per heavy atom. The summed E-state index contributed by atoms with van der Waals surface area (Å²) in [6.45, 7) is 3.26. The first-order valence-electron chi connectivity index (χ1n) is 5.43. The highest BCUT2D eigenvalue weighted by molar-refractivity contribution is 5.49. The molecule has 0 aromatic heterocycles. The molecule has 3 heteroatoms. The van der Waals surface area contributed by atoms with Crippen LogP contribution in [0.4, 0.5) is 8.78 Å². The molecule has 1 rings (SSSR count). The van der Waals surface area contributed by atoms with E-state index in [0.717, 1.165) is 18.9 Å². The van der Waals surface area contributed by atoms with Gasteiger partial charge in [0, 0.05) is 18.2 Å². The first-order chi connectivity index (χ1) is 7.74. The second-order valence-corrected chi connectivity index (χ2v) is 3.50. The molecule has 0 spiro atoms. The average Bonchev–Trinajstić information content (AvgIpc) is 2.26. The molecular weight excluding hydrogens is 210 g/mol. The van der Waals surface area contributed by atoms with E-state index in [9.17, 15) is 8.78 Å². The van der Waals surface area contributed by atoms with Gasteiger partial charge in [-0.25, -0.2) is 8.78 Å². The topological polar surface area (TPSA) is 9.23 Å². The number of hydrogen-bond acceptors (Lipinski definition) is 1. The Labute approximate surface area is 94.7 Å². The van der Waals surface area contributed by atoms with Crippen molar-refractivity contribution in [3.63, 3.8) is 0 Å². The highest BCUT2D eigenvalue weighted by Crippen LogP contribution is 2.10. The van der Waals surface area contributed by atoms with Gasteiger partial charge in [0.25, 0.3) is 0 Å². The number of hydrogen-bond donors (Lipinski definition) is 0. The Morgan fingerprint density at radius 3 is 2.81 bits per heavy atom. The minimum absolute atomic E-state index is 0.375. The van der Waals surface area contributed by atoms with Crippen LogP contribution in [0, 0.1) is 11.6 Å². The molecule has 0 aliphatic carbocycles. The van der Waals surface area contributed by atoms with E-state index >= 15 is 0 Å². The predicted octanol–water partition coefficient (Wildman–Crippen LogP) is 3.79. The number of unbranched alkanes of at least 4 members (excludes halogenated alkanes) is 1. The third-order valence-electron chi connectivity index (χ3n) is 2.12. The largest absolute Gasteiger partial charge is 0.377 e. The molecule has 0 radical (unpaired) electrons. The van der Waals surface area contributed by atoms with E-state index in [0.29, 0.717) is 18.8 Å². The van der Waals surface area contributed by atoms with Crippen molar-refractivity contribution < 1.29 is 13.5 Å². The van der Waals surface area contributed by atoms with Gasteiger partial charge in [0.1, 0.15) is 11.6 Å². The van der Waals surface area contributed by atoms with Gasteiger partial charge in [0.2, 0.25) is 0 Å². The highest BCUT2D eigenvalue weighted by atomic mass is 19.1. The van der Waals surface area contributed by atoms with Crippen LogP contribution in [0.1, 0.15) is 25.3 Å². The fourth-order valence-electron chi connectivity index (χ4n) is 1.21. The lowest BCUT2D eigenvalue weighted by Crippen LogP contribution is -1.93. The quantitative estimate of drug-likeness (QED) is 0.670. The van der Waals surface area contributed by atoms with Crippen LogP contribution in [0.25, 0.3) is 6.08 Å². The first-order valence-corrected chi connectivity index (χ1v) is 5.43. The zero-order chi connectivity index (χ0) is 11.8. The van der Waals surface area contributed by atoms with Gasteiger partial charge >= 0.3 is 0 Å². The number of benzene rings is 1. The Hall–Kier alpha value is -1.22. The van der Waals surface area contributed by atoms with Crippen molar-refractivity contribution >= 4 is 6.08 Å². The van der Waals surface area contributed by atoms with E-state index in [-0.39, 0.29) is 0 Å². The molecule has 0 heterocycles. The Morgan fingerprint density at radius 2 is 2.12 bits per heavy atom. The van der Waals surface area contributed by atoms with Crippen LogP contribution >= 0.6 is 0 Å². The standard InChI is InChI=1S/C13H16F2O/c1-2-3-8-16-9-4-5-11-6-7-12(14)10-13(11)15/h4-7,10H,2-3,8-9H2,1H3. The van der Waals surface area contributed by atoms with Gasteiger partial charge < -0.3 is 4.74 Å². The number of halogens is 2. The average molecular weight is 226 g/mol. The van der Waals surface area contributed by atoms with E-state index in [1.54, 1.807) is 12.2 Å². The minimum atomic E-state index is -0.561.